The zero-order chi connectivity index (χ0) is 19.9. The van der Waals surface area contributed by atoms with Gasteiger partial charge >= 0.3 is 0 Å². The Morgan fingerprint density at radius 3 is 2.36 bits per heavy atom. The number of nitrogens with zero attached hydrogens (tertiary/aromatic N) is 2. The van der Waals surface area contributed by atoms with Gasteiger partial charge in [-0.15, -0.1) is 11.3 Å². The lowest BCUT2D eigenvalue weighted by atomic mass is 10.1. The number of anilines is 1. The Balaban J connectivity index is 1.41. The molecular formula is C20H24N4O3S. The predicted octanol–water partition coefficient (Wildman–Crippen LogP) is 1.89. The van der Waals surface area contributed by atoms with Crippen LogP contribution >= 0.6 is 11.3 Å². The molecule has 0 unspecified atom stereocenters. The molecule has 1 aliphatic rings. The van der Waals surface area contributed by atoms with Crippen molar-refractivity contribution >= 4 is 34.7 Å². The van der Waals surface area contributed by atoms with Gasteiger partial charge in [-0.3, -0.25) is 19.3 Å². The van der Waals surface area contributed by atoms with E-state index in [4.69, 9.17) is 0 Å². The first-order chi connectivity index (χ1) is 13.5. The molecule has 0 spiro atoms. The molecule has 148 valence electrons. The van der Waals surface area contributed by atoms with Crippen LogP contribution in [-0.4, -0.2) is 66.8 Å². The summed E-state index contributed by atoms with van der Waals surface area (Å²) in [7, 11) is 0. The average molecular weight is 401 g/mol. The lowest BCUT2D eigenvalue weighted by Gasteiger charge is -2.34. The molecule has 1 fully saturated rings. The van der Waals surface area contributed by atoms with Gasteiger partial charge in [-0.25, -0.2) is 0 Å². The summed E-state index contributed by atoms with van der Waals surface area (Å²) in [6, 6.07) is 10.6. The number of hydrogen-bond acceptors (Lipinski definition) is 5. The van der Waals surface area contributed by atoms with Crippen LogP contribution in [0.2, 0.25) is 0 Å². The van der Waals surface area contributed by atoms with Gasteiger partial charge in [0, 0.05) is 57.4 Å². The molecule has 2 heterocycles. The molecule has 3 rings (SSSR count). The Bertz CT molecular complexity index is 812. The Labute approximate surface area is 168 Å². The quantitative estimate of drug-likeness (QED) is 0.776. The van der Waals surface area contributed by atoms with Crippen molar-refractivity contribution in [1.82, 2.24) is 15.1 Å². The SMILES string of the molecule is CC(=O)Nc1ccc(C(=O)N2CCN(CCNC(=O)c3cccs3)CC2)cc1. The highest BCUT2D eigenvalue weighted by Gasteiger charge is 2.22. The van der Waals surface area contributed by atoms with Gasteiger partial charge in [-0.1, -0.05) is 6.07 Å². The molecule has 28 heavy (non-hydrogen) atoms. The monoisotopic (exact) mass is 400 g/mol. The molecule has 2 aromatic rings. The van der Waals surface area contributed by atoms with Crippen molar-refractivity contribution < 1.29 is 14.4 Å². The van der Waals surface area contributed by atoms with Crippen LogP contribution in [0, 0.1) is 0 Å². The van der Waals surface area contributed by atoms with Crippen molar-refractivity contribution in [2.45, 2.75) is 6.92 Å². The normalized spacial score (nSPS) is 14.5. The van der Waals surface area contributed by atoms with Gasteiger partial charge in [-0.2, -0.15) is 0 Å². The minimum atomic E-state index is -0.137. The number of rotatable bonds is 6. The maximum absolute atomic E-state index is 12.6. The van der Waals surface area contributed by atoms with Crippen LogP contribution in [0.15, 0.2) is 41.8 Å². The van der Waals surface area contributed by atoms with E-state index in [1.54, 1.807) is 24.3 Å². The van der Waals surface area contributed by atoms with Crippen LogP contribution < -0.4 is 10.6 Å². The fourth-order valence-electron chi connectivity index (χ4n) is 3.08. The average Bonchev–Trinajstić information content (AvgIpc) is 3.23. The summed E-state index contributed by atoms with van der Waals surface area (Å²) in [6.45, 7) is 5.69. The number of nitrogens with one attached hydrogen (secondary N) is 2. The van der Waals surface area contributed by atoms with Gasteiger partial charge in [0.2, 0.25) is 5.91 Å². The summed E-state index contributed by atoms with van der Waals surface area (Å²) in [5.41, 5.74) is 1.30. The first kappa shape index (κ1) is 20.0. The van der Waals surface area contributed by atoms with Crippen molar-refractivity contribution in [3.8, 4) is 0 Å². The van der Waals surface area contributed by atoms with Gasteiger partial charge in [-0.05, 0) is 35.7 Å². The lowest BCUT2D eigenvalue weighted by Crippen LogP contribution is -2.50. The third-order valence-corrected chi connectivity index (χ3v) is 5.44. The smallest absolute Gasteiger partial charge is 0.261 e. The van der Waals surface area contributed by atoms with E-state index in [9.17, 15) is 14.4 Å². The summed E-state index contributed by atoms with van der Waals surface area (Å²) < 4.78 is 0. The molecule has 1 aromatic carbocycles. The predicted molar refractivity (Wildman–Crippen MR) is 110 cm³/mol. The molecule has 0 aliphatic carbocycles. The van der Waals surface area contributed by atoms with Crippen LogP contribution in [0.25, 0.3) is 0 Å². The number of piperazine rings is 1. The zero-order valence-electron chi connectivity index (χ0n) is 15.8. The van der Waals surface area contributed by atoms with Crippen LogP contribution in [0.4, 0.5) is 5.69 Å². The second-order valence-electron chi connectivity index (χ2n) is 6.63. The van der Waals surface area contributed by atoms with Gasteiger partial charge in [0.1, 0.15) is 0 Å². The van der Waals surface area contributed by atoms with Gasteiger partial charge in [0.15, 0.2) is 0 Å². The van der Waals surface area contributed by atoms with Crippen molar-refractivity contribution in [2.75, 3.05) is 44.6 Å². The van der Waals surface area contributed by atoms with Gasteiger partial charge < -0.3 is 15.5 Å². The van der Waals surface area contributed by atoms with Crippen LogP contribution in [-0.2, 0) is 4.79 Å². The van der Waals surface area contributed by atoms with Crippen molar-refractivity contribution in [3.05, 3.63) is 52.2 Å². The highest BCUT2D eigenvalue weighted by molar-refractivity contribution is 7.12. The third-order valence-electron chi connectivity index (χ3n) is 4.57. The first-order valence-electron chi connectivity index (χ1n) is 9.24. The molecule has 0 atom stereocenters. The Morgan fingerprint density at radius 2 is 1.75 bits per heavy atom. The molecule has 1 aromatic heterocycles. The first-order valence-corrected chi connectivity index (χ1v) is 10.1. The molecule has 0 saturated carbocycles. The highest BCUT2D eigenvalue weighted by atomic mass is 32.1. The van der Waals surface area contributed by atoms with E-state index >= 15 is 0 Å². The van der Waals surface area contributed by atoms with Crippen molar-refractivity contribution in [3.63, 3.8) is 0 Å². The van der Waals surface area contributed by atoms with E-state index in [-0.39, 0.29) is 17.7 Å². The maximum Gasteiger partial charge on any atom is 0.261 e. The summed E-state index contributed by atoms with van der Waals surface area (Å²) in [5.74, 6) is -0.173. The van der Waals surface area contributed by atoms with E-state index in [0.29, 0.717) is 30.9 Å². The van der Waals surface area contributed by atoms with E-state index in [1.165, 1.54) is 18.3 Å². The third kappa shape index (κ3) is 5.40. The summed E-state index contributed by atoms with van der Waals surface area (Å²) in [6.07, 6.45) is 0. The summed E-state index contributed by atoms with van der Waals surface area (Å²) >= 11 is 1.43. The highest BCUT2D eigenvalue weighted by Crippen LogP contribution is 2.13. The van der Waals surface area contributed by atoms with E-state index in [0.717, 1.165) is 24.5 Å². The summed E-state index contributed by atoms with van der Waals surface area (Å²) in [5, 5.41) is 7.51. The number of benzene rings is 1. The number of amides is 3. The molecule has 2 N–H and O–H groups in total. The molecular weight excluding hydrogens is 376 g/mol. The molecule has 0 radical (unpaired) electrons. The standard InChI is InChI=1S/C20H24N4O3S/c1-15(25)22-17-6-4-16(5-7-17)20(27)24-12-10-23(11-13-24)9-8-21-19(26)18-3-2-14-28-18/h2-7,14H,8-13H2,1H3,(H,21,26)(H,22,25). The van der Waals surface area contributed by atoms with Crippen LogP contribution in [0.1, 0.15) is 27.0 Å². The second kappa shape index (κ2) is 9.48. The summed E-state index contributed by atoms with van der Waals surface area (Å²) in [4.78, 5) is 40.5. The topological polar surface area (TPSA) is 81.8 Å². The number of hydrogen-bond donors (Lipinski definition) is 2. The largest absolute Gasteiger partial charge is 0.350 e. The number of carbonyl (C=O) groups excluding carboxylic acids is 3. The van der Waals surface area contributed by atoms with Gasteiger partial charge in [0.25, 0.3) is 11.8 Å². The maximum atomic E-state index is 12.6. The van der Waals surface area contributed by atoms with Crippen molar-refractivity contribution in [2.24, 2.45) is 0 Å². The number of carbonyl (C=O) groups is 3. The molecule has 7 nitrogen and oxygen atoms in total. The zero-order valence-corrected chi connectivity index (χ0v) is 16.6. The minimum absolute atomic E-state index is 0.0000214. The number of thiophene rings is 1. The van der Waals surface area contributed by atoms with Gasteiger partial charge in [0.05, 0.1) is 4.88 Å². The Kier molecular flexibility index (Phi) is 6.78. The van der Waals surface area contributed by atoms with E-state index in [1.807, 2.05) is 22.4 Å². The van der Waals surface area contributed by atoms with Crippen LogP contribution in [0.3, 0.4) is 0 Å². The van der Waals surface area contributed by atoms with Crippen molar-refractivity contribution in [1.29, 1.82) is 0 Å². The Hall–Kier alpha value is -2.71. The van der Waals surface area contributed by atoms with Crippen LogP contribution in [0.5, 0.6) is 0 Å². The molecule has 3 amide bonds. The second-order valence-corrected chi connectivity index (χ2v) is 7.57. The molecule has 1 aliphatic heterocycles. The molecule has 8 heteroatoms. The van der Waals surface area contributed by atoms with E-state index < -0.39 is 0 Å². The lowest BCUT2D eigenvalue weighted by molar-refractivity contribution is -0.114. The fourth-order valence-corrected chi connectivity index (χ4v) is 3.72. The molecule has 0 bridgehead atoms. The fraction of sp³-hybridized carbons (Fsp3) is 0.350. The van der Waals surface area contributed by atoms with E-state index in [2.05, 4.69) is 15.5 Å². The molecule has 1 saturated heterocycles. The minimum Gasteiger partial charge on any atom is -0.350 e. The Morgan fingerprint density at radius 1 is 1.04 bits per heavy atom.